The Hall–Kier alpha value is -2.67. The molecule has 0 atom stereocenters. The van der Waals surface area contributed by atoms with Gasteiger partial charge >= 0.3 is 0 Å². The van der Waals surface area contributed by atoms with Gasteiger partial charge in [0.1, 0.15) is 10.7 Å². The maximum absolute atomic E-state index is 12.3. The van der Waals surface area contributed by atoms with Gasteiger partial charge in [0.15, 0.2) is 0 Å². The zero-order valence-electron chi connectivity index (χ0n) is 10.9. The topological polar surface area (TPSA) is 98.0 Å². The first-order valence-electron chi connectivity index (χ1n) is 6.13. The lowest BCUT2D eigenvalue weighted by Crippen LogP contribution is -2.13. The average Bonchev–Trinajstić information content (AvgIpc) is 2.48. The van der Waals surface area contributed by atoms with Gasteiger partial charge in [-0.3, -0.25) is 9.71 Å². The van der Waals surface area contributed by atoms with Crippen molar-refractivity contribution < 1.29 is 8.42 Å². The van der Waals surface area contributed by atoms with E-state index in [9.17, 15) is 8.42 Å². The molecule has 0 bridgehead atoms. The molecule has 1 aromatic carbocycles. The standard InChI is InChI=1S/C14H12N4O2S/c15-14-5-4-11(8-17-14)21(19,20)18-13-3-1-2-10-6-7-16-9-12(10)13/h1-9,18H,(H2,15,17). The summed E-state index contributed by atoms with van der Waals surface area (Å²) in [5.74, 6) is 0.267. The predicted molar refractivity (Wildman–Crippen MR) is 81.2 cm³/mol. The molecule has 0 aliphatic heterocycles. The van der Waals surface area contributed by atoms with Gasteiger partial charge in [-0.1, -0.05) is 12.1 Å². The van der Waals surface area contributed by atoms with Crippen molar-refractivity contribution in [3.63, 3.8) is 0 Å². The Balaban J connectivity index is 2.03. The van der Waals surface area contributed by atoms with Crippen LogP contribution in [0.25, 0.3) is 10.8 Å². The SMILES string of the molecule is Nc1ccc(S(=O)(=O)Nc2cccc3ccncc23)cn1. The minimum Gasteiger partial charge on any atom is -0.384 e. The van der Waals surface area contributed by atoms with E-state index in [4.69, 9.17) is 5.73 Å². The van der Waals surface area contributed by atoms with E-state index < -0.39 is 10.0 Å². The molecule has 0 aliphatic carbocycles. The maximum atomic E-state index is 12.3. The summed E-state index contributed by atoms with van der Waals surface area (Å²) in [6.07, 6.45) is 4.50. The summed E-state index contributed by atoms with van der Waals surface area (Å²) in [6, 6.07) is 10.0. The first-order chi connectivity index (χ1) is 10.1. The van der Waals surface area contributed by atoms with Crippen LogP contribution in [0.15, 0.2) is 59.9 Å². The zero-order chi connectivity index (χ0) is 14.9. The van der Waals surface area contributed by atoms with Crippen molar-refractivity contribution in [2.45, 2.75) is 4.90 Å². The third-order valence-corrected chi connectivity index (χ3v) is 4.35. The highest BCUT2D eigenvalue weighted by Crippen LogP contribution is 2.24. The molecule has 0 amide bonds. The summed E-state index contributed by atoms with van der Waals surface area (Å²) in [5, 5.41) is 1.63. The first-order valence-corrected chi connectivity index (χ1v) is 7.62. The molecular formula is C14H12N4O2S. The lowest BCUT2D eigenvalue weighted by molar-refractivity contribution is 0.601. The molecule has 0 spiro atoms. The molecule has 6 nitrogen and oxygen atoms in total. The highest BCUT2D eigenvalue weighted by molar-refractivity contribution is 7.92. The lowest BCUT2D eigenvalue weighted by Gasteiger charge is -2.10. The Labute approximate surface area is 121 Å². The van der Waals surface area contributed by atoms with Crippen LogP contribution in [0.3, 0.4) is 0 Å². The second-order valence-electron chi connectivity index (χ2n) is 4.43. The van der Waals surface area contributed by atoms with E-state index in [1.54, 1.807) is 24.5 Å². The molecule has 0 saturated heterocycles. The number of nitrogens with one attached hydrogen (secondary N) is 1. The highest BCUT2D eigenvalue weighted by atomic mass is 32.2. The van der Waals surface area contributed by atoms with Crippen molar-refractivity contribution >= 4 is 32.3 Å². The van der Waals surface area contributed by atoms with Gasteiger partial charge in [-0.25, -0.2) is 13.4 Å². The van der Waals surface area contributed by atoms with Gasteiger partial charge < -0.3 is 5.73 Å². The van der Waals surface area contributed by atoms with E-state index in [-0.39, 0.29) is 10.7 Å². The van der Waals surface area contributed by atoms with Gasteiger partial charge in [0.2, 0.25) is 0 Å². The van der Waals surface area contributed by atoms with Gasteiger partial charge in [0.05, 0.1) is 5.69 Å². The summed E-state index contributed by atoms with van der Waals surface area (Å²) in [4.78, 5) is 7.87. The fraction of sp³-hybridized carbons (Fsp3) is 0. The predicted octanol–water partition coefficient (Wildman–Crippen LogP) is 2.01. The number of sulfonamides is 1. The Morgan fingerprint density at radius 2 is 1.90 bits per heavy atom. The molecule has 0 saturated carbocycles. The largest absolute Gasteiger partial charge is 0.384 e. The third kappa shape index (κ3) is 2.63. The second kappa shape index (κ2) is 5.02. The van der Waals surface area contributed by atoms with E-state index >= 15 is 0 Å². The quantitative estimate of drug-likeness (QED) is 0.771. The molecule has 0 radical (unpaired) electrons. The van der Waals surface area contributed by atoms with Gasteiger partial charge in [-0.05, 0) is 29.7 Å². The van der Waals surface area contributed by atoms with Crippen molar-refractivity contribution in [1.82, 2.24) is 9.97 Å². The number of rotatable bonds is 3. The van der Waals surface area contributed by atoms with Crippen LogP contribution in [0.2, 0.25) is 0 Å². The zero-order valence-corrected chi connectivity index (χ0v) is 11.7. The minimum atomic E-state index is -3.72. The van der Waals surface area contributed by atoms with Crippen LogP contribution in [0.5, 0.6) is 0 Å². The van der Waals surface area contributed by atoms with Crippen LogP contribution in [0.1, 0.15) is 0 Å². The number of nitrogens with zero attached hydrogens (tertiary/aromatic N) is 2. The van der Waals surface area contributed by atoms with Gasteiger partial charge in [0, 0.05) is 24.0 Å². The van der Waals surface area contributed by atoms with Crippen LogP contribution in [-0.4, -0.2) is 18.4 Å². The average molecular weight is 300 g/mol. The number of hydrogen-bond acceptors (Lipinski definition) is 5. The number of benzene rings is 1. The van der Waals surface area contributed by atoms with Crippen molar-refractivity contribution in [3.05, 3.63) is 55.0 Å². The number of hydrogen-bond donors (Lipinski definition) is 2. The van der Waals surface area contributed by atoms with Crippen molar-refractivity contribution in [3.8, 4) is 0 Å². The molecule has 0 unspecified atom stereocenters. The van der Waals surface area contributed by atoms with Crippen LogP contribution in [0.4, 0.5) is 11.5 Å². The number of aromatic nitrogens is 2. The number of nitrogen functional groups attached to an aromatic ring is 1. The highest BCUT2D eigenvalue weighted by Gasteiger charge is 2.15. The Bertz CT molecular complexity index is 887. The summed E-state index contributed by atoms with van der Waals surface area (Å²) in [7, 11) is -3.72. The fourth-order valence-electron chi connectivity index (χ4n) is 1.96. The smallest absolute Gasteiger partial charge is 0.263 e. The minimum absolute atomic E-state index is 0.0533. The number of fused-ring (bicyclic) bond motifs is 1. The molecule has 7 heteroatoms. The van der Waals surface area contributed by atoms with E-state index in [0.29, 0.717) is 5.69 Å². The third-order valence-electron chi connectivity index (χ3n) is 3.00. The Morgan fingerprint density at radius 1 is 1.05 bits per heavy atom. The Morgan fingerprint density at radius 3 is 2.67 bits per heavy atom. The number of pyridine rings is 2. The van der Waals surface area contributed by atoms with E-state index in [2.05, 4.69) is 14.7 Å². The second-order valence-corrected chi connectivity index (χ2v) is 6.11. The molecule has 0 fully saturated rings. The molecule has 106 valence electrons. The number of anilines is 2. The summed E-state index contributed by atoms with van der Waals surface area (Å²) < 4.78 is 27.2. The molecule has 3 rings (SSSR count). The van der Waals surface area contributed by atoms with Crippen LogP contribution >= 0.6 is 0 Å². The van der Waals surface area contributed by atoms with E-state index in [1.807, 2.05) is 12.1 Å². The van der Waals surface area contributed by atoms with E-state index in [1.165, 1.54) is 18.3 Å². The van der Waals surface area contributed by atoms with Gasteiger partial charge in [0.25, 0.3) is 10.0 Å². The summed E-state index contributed by atoms with van der Waals surface area (Å²) in [5.41, 5.74) is 5.93. The molecular weight excluding hydrogens is 288 g/mol. The maximum Gasteiger partial charge on any atom is 0.263 e. The summed E-state index contributed by atoms with van der Waals surface area (Å²) >= 11 is 0. The molecule has 21 heavy (non-hydrogen) atoms. The first kappa shape index (κ1) is 13.3. The van der Waals surface area contributed by atoms with Crippen molar-refractivity contribution in [2.24, 2.45) is 0 Å². The monoisotopic (exact) mass is 300 g/mol. The normalized spacial score (nSPS) is 11.4. The van der Waals surface area contributed by atoms with E-state index in [0.717, 1.165) is 10.8 Å². The van der Waals surface area contributed by atoms with Gasteiger partial charge in [-0.2, -0.15) is 0 Å². The molecule has 0 aliphatic rings. The molecule has 3 aromatic rings. The van der Waals surface area contributed by atoms with Crippen LogP contribution < -0.4 is 10.5 Å². The molecule has 2 aromatic heterocycles. The Kier molecular flexibility index (Phi) is 3.19. The lowest BCUT2D eigenvalue weighted by atomic mass is 10.1. The summed E-state index contributed by atoms with van der Waals surface area (Å²) in [6.45, 7) is 0. The van der Waals surface area contributed by atoms with Crippen LogP contribution in [-0.2, 0) is 10.0 Å². The number of nitrogens with two attached hydrogens (primary N) is 1. The van der Waals surface area contributed by atoms with Gasteiger partial charge in [-0.15, -0.1) is 0 Å². The molecule has 3 N–H and O–H groups in total. The van der Waals surface area contributed by atoms with Crippen molar-refractivity contribution in [1.29, 1.82) is 0 Å². The van der Waals surface area contributed by atoms with Crippen LogP contribution in [0, 0.1) is 0 Å². The molecule has 2 heterocycles. The fourth-order valence-corrected chi connectivity index (χ4v) is 2.98. The van der Waals surface area contributed by atoms with Crippen molar-refractivity contribution in [2.75, 3.05) is 10.5 Å².